The highest BCUT2D eigenvalue weighted by Gasteiger charge is 2.39. The molecule has 2 N–H and O–H groups in total. The van der Waals surface area contributed by atoms with Crippen molar-refractivity contribution in [3.8, 4) is 0 Å². The molecule has 7 heteroatoms. The van der Waals surface area contributed by atoms with E-state index in [1.807, 2.05) is 19.1 Å². The Bertz CT molecular complexity index is 354. The fraction of sp³-hybridized carbons (Fsp3) is 0.750. The normalized spacial score (nSPS) is 28.6. The maximum Gasteiger partial charge on any atom is 0.414 e. The molecule has 0 saturated carbocycles. The second-order valence-corrected chi connectivity index (χ2v) is 5.19. The number of hydrogen-bond acceptors (Lipinski definition) is 5. The smallest absolute Gasteiger partial charge is 0.414 e. The quantitative estimate of drug-likeness (QED) is 0.422. The first-order valence-corrected chi connectivity index (χ1v) is 6.26. The first-order chi connectivity index (χ1) is 8.84. The van der Waals surface area contributed by atoms with Crippen molar-refractivity contribution >= 4 is 18.2 Å². The summed E-state index contributed by atoms with van der Waals surface area (Å²) < 4.78 is 0. The molecule has 2 rings (SSSR count). The minimum atomic E-state index is -1.82. The van der Waals surface area contributed by atoms with Crippen molar-refractivity contribution in [2.75, 3.05) is 33.7 Å². The molecule has 2 aliphatic heterocycles. The standard InChI is InChI=1S/C10H19N3.C2H2O4/c1-12(2)11-8-10-4-3-6-13(9-10)7-5-10;3-1(4)2(5)6/h8H,3-7,9H2,1-2H3;(H,3,4)(H,5,6). The summed E-state index contributed by atoms with van der Waals surface area (Å²) >= 11 is 0. The molecule has 0 aromatic rings. The lowest BCUT2D eigenvalue weighted by molar-refractivity contribution is -0.159. The number of carboxylic acids is 2. The summed E-state index contributed by atoms with van der Waals surface area (Å²) in [7, 11) is 3.98. The Hall–Kier alpha value is -1.63. The molecule has 0 aliphatic carbocycles. The number of carboxylic acid groups (broad SMARTS) is 2. The van der Waals surface area contributed by atoms with Gasteiger partial charge >= 0.3 is 11.9 Å². The topological polar surface area (TPSA) is 93.4 Å². The third-order valence-corrected chi connectivity index (χ3v) is 3.36. The van der Waals surface area contributed by atoms with Crippen molar-refractivity contribution in [1.82, 2.24) is 9.91 Å². The van der Waals surface area contributed by atoms with Gasteiger partial charge in [-0.15, -0.1) is 0 Å². The van der Waals surface area contributed by atoms with Crippen LogP contribution in [0.1, 0.15) is 19.3 Å². The molecule has 2 unspecified atom stereocenters. The summed E-state index contributed by atoms with van der Waals surface area (Å²) in [4.78, 5) is 20.8. The maximum atomic E-state index is 9.10. The molecule has 19 heavy (non-hydrogen) atoms. The van der Waals surface area contributed by atoms with Crippen LogP contribution in [0.2, 0.25) is 0 Å². The molecule has 108 valence electrons. The number of hydrazone groups is 1. The summed E-state index contributed by atoms with van der Waals surface area (Å²) in [5.41, 5.74) is 0.419. The van der Waals surface area contributed by atoms with E-state index >= 15 is 0 Å². The molecule has 0 radical (unpaired) electrons. The van der Waals surface area contributed by atoms with Gasteiger partial charge in [0.25, 0.3) is 0 Å². The second-order valence-electron chi connectivity index (χ2n) is 5.19. The zero-order chi connectivity index (χ0) is 14.5. The van der Waals surface area contributed by atoms with Crippen LogP contribution in [0.25, 0.3) is 0 Å². The van der Waals surface area contributed by atoms with Gasteiger partial charge in [-0.1, -0.05) is 0 Å². The molecular formula is C12H21N3O4. The third-order valence-electron chi connectivity index (χ3n) is 3.36. The van der Waals surface area contributed by atoms with Crippen molar-refractivity contribution < 1.29 is 19.8 Å². The number of rotatable bonds is 2. The number of nitrogens with zero attached hydrogens (tertiary/aromatic N) is 3. The van der Waals surface area contributed by atoms with Gasteiger partial charge in [-0.25, -0.2) is 9.59 Å². The highest BCUT2D eigenvalue weighted by atomic mass is 16.4. The Kier molecular flexibility index (Phi) is 5.29. The fourth-order valence-electron chi connectivity index (χ4n) is 2.44. The lowest BCUT2D eigenvalue weighted by Gasteiger charge is -2.30. The van der Waals surface area contributed by atoms with Gasteiger partial charge in [-0.3, -0.25) is 0 Å². The van der Waals surface area contributed by atoms with Crippen LogP contribution in [-0.4, -0.2) is 72.0 Å². The Morgan fingerprint density at radius 3 is 2.37 bits per heavy atom. The van der Waals surface area contributed by atoms with Gasteiger partial charge in [0.2, 0.25) is 0 Å². The van der Waals surface area contributed by atoms with E-state index < -0.39 is 11.9 Å². The van der Waals surface area contributed by atoms with E-state index in [1.54, 1.807) is 0 Å². The maximum absolute atomic E-state index is 9.10. The molecular weight excluding hydrogens is 250 g/mol. The molecule has 2 heterocycles. The van der Waals surface area contributed by atoms with E-state index in [-0.39, 0.29) is 0 Å². The molecule has 0 aromatic heterocycles. The molecule has 2 aliphatic rings. The van der Waals surface area contributed by atoms with Crippen molar-refractivity contribution in [3.63, 3.8) is 0 Å². The lowest BCUT2D eigenvalue weighted by Crippen LogP contribution is -2.35. The highest BCUT2D eigenvalue weighted by molar-refractivity contribution is 6.27. The van der Waals surface area contributed by atoms with Crippen LogP contribution < -0.4 is 0 Å². The van der Waals surface area contributed by atoms with Gasteiger partial charge in [0, 0.05) is 32.3 Å². The molecule has 2 atom stereocenters. The zero-order valence-electron chi connectivity index (χ0n) is 11.4. The van der Waals surface area contributed by atoms with Crippen LogP contribution in [0.3, 0.4) is 0 Å². The van der Waals surface area contributed by atoms with Gasteiger partial charge in [0.15, 0.2) is 0 Å². The first-order valence-electron chi connectivity index (χ1n) is 6.26. The molecule has 2 saturated heterocycles. The largest absolute Gasteiger partial charge is 0.473 e. The van der Waals surface area contributed by atoms with Crippen LogP contribution in [-0.2, 0) is 9.59 Å². The molecule has 0 aromatic carbocycles. The number of aliphatic carboxylic acids is 2. The third kappa shape index (κ3) is 4.86. The van der Waals surface area contributed by atoms with E-state index in [9.17, 15) is 0 Å². The average Bonchev–Trinajstić information content (AvgIpc) is 2.63. The van der Waals surface area contributed by atoms with E-state index in [1.165, 1.54) is 38.9 Å². The predicted octanol–water partition coefficient (Wildman–Crippen LogP) is 0.175. The van der Waals surface area contributed by atoms with Gasteiger partial charge in [0.05, 0.1) is 0 Å². The number of carbonyl (C=O) groups is 2. The van der Waals surface area contributed by atoms with Crippen molar-refractivity contribution in [2.45, 2.75) is 19.3 Å². The van der Waals surface area contributed by atoms with Crippen LogP contribution in [0.4, 0.5) is 0 Å². The Morgan fingerprint density at radius 2 is 1.84 bits per heavy atom. The van der Waals surface area contributed by atoms with Gasteiger partial charge in [-0.2, -0.15) is 5.10 Å². The number of piperidine rings is 1. The zero-order valence-corrected chi connectivity index (χ0v) is 11.4. The van der Waals surface area contributed by atoms with E-state index in [4.69, 9.17) is 19.8 Å². The van der Waals surface area contributed by atoms with Crippen molar-refractivity contribution in [3.05, 3.63) is 0 Å². The van der Waals surface area contributed by atoms with Gasteiger partial charge < -0.3 is 20.1 Å². The van der Waals surface area contributed by atoms with Gasteiger partial charge in [-0.05, 0) is 32.4 Å². The van der Waals surface area contributed by atoms with Crippen LogP contribution >= 0.6 is 0 Å². The summed E-state index contributed by atoms with van der Waals surface area (Å²) in [5, 5.41) is 21.1. The monoisotopic (exact) mass is 271 g/mol. The minimum Gasteiger partial charge on any atom is -0.473 e. The number of fused-ring (bicyclic) bond motifs is 2. The van der Waals surface area contributed by atoms with E-state index in [0.29, 0.717) is 5.41 Å². The summed E-state index contributed by atoms with van der Waals surface area (Å²) in [6, 6.07) is 0. The Morgan fingerprint density at radius 1 is 1.21 bits per heavy atom. The summed E-state index contributed by atoms with van der Waals surface area (Å²) in [6.45, 7) is 3.82. The van der Waals surface area contributed by atoms with E-state index in [0.717, 1.165) is 0 Å². The van der Waals surface area contributed by atoms with Crippen LogP contribution in [0.15, 0.2) is 5.10 Å². The van der Waals surface area contributed by atoms with Gasteiger partial charge in [0.1, 0.15) is 0 Å². The van der Waals surface area contributed by atoms with Crippen molar-refractivity contribution in [2.24, 2.45) is 10.5 Å². The Balaban J connectivity index is 0.000000258. The Labute approximate surface area is 112 Å². The van der Waals surface area contributed by atoms with Crippen LogP contribution in [0, 0.1) is 5.41 Å². The molecule has 7 nitrogen and oxygen atoms in total. The van der Waals surface area contributed by atoms with E-state index in [2.05, 4.69) is 16.2 Å². The number of hydrogen-bond donors (Lipinski definition) is 2. The lowest BCUT2D eigenvalue weighted by atomic mass is 9.82. The first kappa shape index (κ1) is 15.4. The van der Waals surface area contributed by atoms with Crippen molar-refractivity contribution in [1.29, 1.82) is 0 Å². The predicted molar refractivity (Wildman–Crippen MR) is 70.2 cm³/mol. The van der Waals surface area contributed by atoms with Crippen LogP contribution in [0.5, 0.6) is 0 Å². The SMILES string of the molecule is CN(C)N=CC12CCCN(CC1)C2.O=C(O)C(=O)O. The molecule has 0 spiro atoms. The second kappa shape index (κ2) is 6.51. The average molecular weight is 271 g/mol. The molecule has 2 fully saturated rings. The summed E-state index contributed by atoms with van der Waals surface area (Å²) in [5.74, 6) is -3.65. The highest BCUT2D eigenvalue weighted by Crippen LogP contribution is 2.37. The summed E-state index contributed by atoms with van der Waals surface area (Å²) in [6.07, 6.45) is 6.18. The molecule has 0 amide bonds. The molecule has 2 bridgehead atoms. The minimum absolute atomic E-state index is 0.419. The fourth-order valence-corrected chi connectivity index (χ4v) is 2.44.